The summed E-state index contributed by atoms with van der Waals surface area (Å²) in [5.41, 5.74) is 5.96. The molecule has 2 N–H and O–H groups in total. The van der Waals surface area contributed by atoms with Gasteiger partial charge in [-0.15, -0.1) is 0 Å². The van der Waals surface area contributed by atoms with E-state index in [2.05, 4.69) is 47.2 Å². The number of piperazine rings is 1. The SMILES string of the molecule is CO.COC(/C=C\C=C(/C)OC)=C(/C)C(=O)Nc1ccc2c(c1)CCN2C(=O)c1cccc(CN2CCN(c3ccccc3OC(C)C)CC2)c1. The van der Waals surface area contributed by atoms with Crippen molar-refractivity contribution in [3.8, 4) is 5.75 Å². The molecule has 0 unspecified atom stereocenters. The minimum absolute atomic E-state index is 0.0166. The fraction of sp³-hybridized carbons (Fsp3) is 0.366. The summed E-state index contributed by atoms with van der Waals surface area (Å²) in [6.45, 7) is 12.7. The molecular weight excluding hydrogens is 644 g/mol. The number of ether oxygens (including phenoxy) is 3. The summed E-state index contributed by atoms with van der Waals surface area (Å²) >= 11 is 0. The summed E-state index contributed by atoms with van der Waals surface area (Å²) in [6.07, 6.45) is 6.13. The number of hydrogen-bond acceptors (Lipinski definition) is 8. The first kappa shape index (κ1) is 38.7. The second-order valence-corrected chi connectivity index (χ2v) is 12.6. The van der Waals surface area contributed by atoms with Crippen molar-refractivity contribution in [3.63, 3.8) is 0 Å². The van der Waals surface area contributed by atoms with Crippen LogP contribution in [0, 0.1) is 0 Å². The number of benzene rings is 3. The number of rotatable bonds is 12. The van der Waals surface area contributed by atoms with E-state index in [1.165, 1.54) is 7.11 Å². The summed E-state index contributed by atoms with van der Waals surface area (Å²) in [5.74, 6) is 1.85. The van der Waals surface area contributed by atoms with Crippen molar-refractivity contribution in [2.75, 3.05) is 69.2 Å². The number of nitrogens with one attached hydrogen (secondary N) is 1. The molecule has 2 amide bonds. The molecular formula is C41H52N4O6. The van der Waals surface area contributed by atoms with Crippen LogP contribution in [0.4, 0.5) is 17.1 Å². The van der Waals surface area contributed by atoms with Crippen LogP contribution in [0.3, 0.4) is 0 Å². The van der Waals surface area contributed by atoms with Gasteiger partial charge in [0.05, 0.1) is 37.3 Å². The normalized spacial score (nSPS) is 15.2. The van der Waals surface area contributed by atoms with Gasteiger partial charge in [-0.25, -0.2) is 0 Å². The number of nitrogens with zero attached hydrogens (tertiary/aromatic N) is 3. The standard InChI is InChI=1S/C40H48N4O5.CH4O/c1-28(2)49-38-15-8-7-14-36(38)43-23-21-42(22-24-43)27-31-12-10-13-33(25-31)40(46)44-20-19-32-26-34(17-18-35(32)44)41-39(45)30(4)37(48-6)16-9-11-29(3)47-5;1-2/h7-18,25-26,28H,19-24,27H2,1-6H3,(H,41,45);2H,1H3/b16-9-,29-11+,37-30-;. The van der Waals surface area contributed by atoms with Crippen LogP contribution in [0.1, 0.15) is 49.2 Å². The molecule has 1 saturated heterocycles. The van der Waals surface area contributed by atoms with E-state index in [0.29, 0.717) is 35.5 Å². The van der Waals surface area contributed by atoms with Gasteiger partial charge in [0, 0.05) is 63.3 Å². The second kappa shape index (κ2) is 18.8. The predicted octanol–water partition coefficient (Wildman–Crippen LogP) is 6.57. The number of aliphatic hydroxyl groups excluding tert-OH is 1. The third-order valence-corrected chi connectivity index (χ3v) is 8.83. The number of amides is 2. The van der Waals surface area contributed by atoms with Gasteiger partial charge in [-0.05, 0) is 99.9 Å². The Kier molecular flexibility index (Phi) is 14.3. The summed E-state index contributed by atoms with van der Waals surface area (Å²) in [7, 11) is 4.14. The quantitative estimate of drug-likeness (QED) is 0.125. The molecule has 0 saturated carbocycles. The highest BCUT2D eigenvalue weighted by Crippen LogP contribution is 2.33. The van der Waals surface area contributed by atoms with E-state index in [4.69, 9.17) is 19.3 Å². The predicted molar refractivity (Wildman–Crippen MR) is 204 cm³/mol. The highest BCUT2D eigenvalue weighted by molar-refractivity contribution is 6.08. The highest BCUT2D eigenvalue weighted by Gasteiger charge is 2.27. The maximum atomic E-state index is 13.8. The zero-order chi connectivity index (χ0) is 36.9. The first-order valence-corrected chi connectivity index (χ1v) is 17.3. The number of hydrogen-bond donors (Lipinski definition) is 2. The lowest BCUT2D eigenvalue weighted by atomic mass is 10.1. The molecule has 0 bridgehead atoms. The lowest BCUT2D eigenvalue weighted by Gasteiger charge is -2.37. The minimum atomic E-state index is -0.261. The Morgan fingerprint density at radius 3 is 2.33 bits per heavy atom. The van der Waals surface area contributed by atoms with Gasteiger partial charge >= 0.3 is 0 Å². The molecule has 10 nitrogen and oxygen atoms in total. The Labute approximate surface area is 302 Å². The Morgan fingerprint density at radius 1 is 0.882 bits per heavy atom. The average Bonchev–Trinajstić information content (AvgIpc) is 3.57. The fourth-order valence-corrected chi connectivity index (χ4v) is 6.15. The maximum absolute atomic E-state index is 13.8. The topological polar surface area (TPSA) is 104 Å². The van der Waals surface area contributed by atoms with Crippen molar-refractivity contribution in [2.45, 2.75) is 46.8 Å². The van der Waals surface area contributed by atoms with Crippen LogP contribution in [0.2, 0.25) is 0 Å². The molecule has 2 aliphatic rings. The number of para-hydroxylation sites is 2. The number of fused-ring (bicyclic) bond motifs is 1. The Hall–Kier alpha value is -5.06. The van der Waals surface area contributed by atoms with Crippen molar-refractivity contribution in [3.05, 3.63) is 119 Å². The van der Waals surface area contributed by atoms with Gasteiger partial charge in [0.25, 0.3) is 11.8 Å². The van der Waals surface area contributed by atoms with E-state index in [1.54, 1.807) is 32.3 Å². The summed E-state index contributed by atoms with van der Waals surface area (Å²) < 4.78 is 16.6. The van der Waals surface area contributed by atoms with E-state index in [1.807, 2.05) is 60.4 Å². The fourth-order valence-electron chi connectivity index (χ4n) is 6.15. The zero-order valence-corrected chi connectivity index (χ0v) is 30.9. The van der Waals surface area contributed by atoms with Crippen LogP contribution in [-0.4, -0.2) is 82.0 Å². The van der Waals surface area contributed by atoms with Gasteiger partial charge in [-0.1, -0.05) is 30.3 Å². The van der Waals surface area contributed by atoms with Crippen molar-refractivity contribution < 1.29 is 28.9 Å². The Bertz CT molecular complexity index is 1740. The molecule has 3 aromatic carbocycles. The van der Waals surface area contributed by atoms with Crippen molar-refractivity contribution >= 4 is 28.9 Å². The maximum Gasteiger partial charge on any atom is 0.258 e. The number of methoxy groups -OCH3 is 2. The van der Waals surface area contributed by atoms with Crippen LogP contribution in [-0.2, 0) is 27.2 Å². The van der Waals surface area contributed by atoms with Gasteiger partial charge < -0.3 is 34.4 Å². The molecule has 0 atom stereocenters. The van der Waals surface area contributed by atoms with Gasteiger partial charge in [0.15, 0.2) is 0 Å². The van der Waals surface area contributed by atoms with Gasteiger partial charge in [-0.2, -0.15) is 0 Å². The molecule has 3 aromatic rings. The van der Waals surface area contributed by atoms with Gasteiger partial charge in [-0.3, -0.25) is 14.5 Å². The Morgan fingerprint density at radius 2 is 1.63 bits per heavy atom. The van der Waals surface area contributed by atoms with Gasteiger partial charge in [0.1, 0.15) is 11.5 Å². The lowest BCUT2D eigenvalue weighted by Crippen LogP contribution is -2.46. The largest absolute Gasteiger partial charge is 0.501 e. The van der Waals surface area contributed by atoms with E-state index in [9.17, 15) is 9.59 Å². The minimum Gasteiger partial charge on any atom is -0.501 e. The molecule has 0 aromatic heterocycles. The van der Waals surface area contributed by atoms with E-state index >= 15 is 0 Å². The highest BCUT2D eigenvalue weighted by atomic mass is 16.5. The molecule has 0 spiro atoms. The summed E-state index contributed by atoms with van der Waals surface area (Å²) in [4.78, 5) is 33.5. The zero-order valence-electron chi connectivity index (χ0n) is 30.9. The molecule has 51 heavy (non-hydrogen) atoms. The number of aliphatic hydroxyl groups is 1. The molecule has 272 valence electrons. The van der Waals surface area contributed by atoms with E-state index < -0.39 is 0 Å². The number of carbonyl (C=O) groups excluding carboxylic acids is 2. The third kappa shape index (κ3) is 10.2. The van der Waals surface area contributed by atoms with Crippen LogP contribution < -0.4 is 19.9 Å². The first-order chi connectivity index (χ1) is 24.7. The molecule has 10 heteroatoms. The van der Waals surface area contributed by atoms with E-state index in [0.717, 1.165) is 73.8 Å². The second-order valence-electron chi connectivity index (χ2n) is 12.6. The van der Waals surface area contributed by atoms with Crippen molar-refractivity contribution in [1.82, 2.24) is 4.90 Å². The van der Waals surface area contributed by atoms with Crippen LogP contribution in [0.5, 0.6) is 5.75 Å². The van der Waals surface area contributed by atoms with Crippen LogP contribution in [0.25, 0.3) is 0 Å². The number of anilines is 3. The Balaban J connectivity index is 0.00000286. The monoisotopic (exact) mass is 696 g/mol. The third-order valence-electron chi connectivity index (χ3n) is 8.83. The van der Waals surface area contributed by atoms with Crippen LogP contribution in [0.15, 0.2) is 102 Å². The number of allylic oxidation sites excluding steroid dienone is 4. The molecule has 1 fully saturated rings. The summed E-state index contributed by atoms with van der Waals surface area (Å²) in [5, 5.41) is 9.97. The first-order valence-electron chi connectivity index (χ1n) is 17.3. The summed E-state index contributed by atoms with van der Waals surface area (Å²) in [6, 6.07) is 22.0. The lowest BCUT2D eigenvalue weighted by molar-refractivity contribution is -0.113. The van der Waals surface area contributed by atoms with Crippen molar-refractivity contribution in [1.29, 1.82) is 0 Å². The molecule has 0 radical (unpaired) electrons. The average molecular weight is 697 g/mol. The van der Waals surface area contributed by atoms with Crippen molar-refractivity contribution in [2.24, 2.45) is 0 Å². The van der Waals surface area contributed by atoms with Crippen LogP contribution >= 0.6 is 0 Å². The smallest absolute Gasteiger partial charge is 0.258 e. The van der Waals surface area contributed by atoms with E-state index in [-0.39, 0.29) is 17.9 Å². The van der Waals surface area contributed by atoms with Gasteiger partial charge in [0.2, 0.25) is 0 Å². The number of carbonyl (C=O) groups is 2. The molecule has 0 aliphatic carbocycles. The molecule has 2 aliphatic heterocycles. The molecule has 2 heterocycles. The molecule has 5 rings (SSSR count).